The van der Waals surface area contributed by atoms with Gasteiger partial charge in [0.1, 0.15) is 0 Å². The van der Waals surface area contributed by atoms with Gasteiger partial charge in [0.05, 0.1) is 0 Å². The highest BCUT2D eigenvalue weighted by Crippen LogP contribution is 1.90. The SMILES string of the molecule is C=CC(=C)NCC(C)C. The van der Waals surface area contributed by atoms with Crippen molar-refractivity contribution in [1.29, 1.82) is 0 Å². The van der Waals surface area contributed by atoms with Gasteiger partial charge in [-0.15, -0.1) is 0 Å². The molecule has 52 valence electrons. The Morgan fingerprint density at radius 1 is 1.67 bits per heavy atom. The molecule has 0 aromatic carbocycles. The fraction of sp³-hybridized carbons (Fsp3) is 0.500. The Morgan fingerprint density at radius 2 is 2.22 bits per heavy atom. The summed E-state index contributed by atoms with van der Waals surface area (Å²) >= 11 is 0. The van der Waals surface area contributed by atoms with Crippen LogP contribution in [0.15, 0.2) is 24.9 Å². The van der Waals surface area contributed by atoms with Crippen LogP contribution in [0.1, 0.15) is 13.8 Å². The monoisotopic (exact) mass is 125 g/mol. The molecule has 0 aliphatic carbocycles. The topological polar surface area (TPSA) is 12.0 Å². The second kappa shape index (κ2) is 4.19. The van der Waals surface area contributed by atoms with E-state index in [1.54, 1.807) is 6.08 Å². The smallest absolute Gasteiger partial charge is 0.0261 e. The van der Waals surface area contributed by atoms with Gasteiger partial charge >= 0.3 is 0 Å². The molecule has 9 heavy (non-hydrogen) atoms. The lowest BCUT2D eigenvalue weighted by Gasteiger charge is -2.06. The van der Waals surface area contributed by atoms with Crippen LogP contribution in [-0.2, 0) is 0 Å². The molecule has 0 amide bonds. The lowest BCUT2D eigenvalue weighted by atomic mass is 10.2. The van der Waals surface area contributed by atoms with E-state index < -0.39 is 0 Å². The Kier molecular flexibility index (Phi) is 3.85. The van der Waals surface area contributed by atoms with Crippen molar-refractivity contribution in [2.24, 2.45) is 5.92 Å². The number of nitrogens with one attached hydrogen (secondary N) is 1. The highest BCUT2D eigenvalue weighted by atomic mass is 14.9. The molecule has 0 saturated heterocycles. The molecule has 0 saturated carbocycles. The van der Waals surface area contributed by atoms with E-state index in [9.17, 15) is 0 Å². The maximum Gasteiger partial charge on any atom is 0.0261 e. The predicted molar refractivity (Wildman–Crippen MR) is 42.2 cm³/mol. The molecule has 0 unspecified atom stereocenters. The third kappa shape index (κ3) is 5.15. The second-order valence-corrected chi connectivity index (χ2v) is 2.50. The summed E-state index contributed by atoms with van der Waals surface area (Å²) in [5.74, 6) is 0.668. The van der Waals surface area contributed by atoms with E-state index >= 15 is 0 Å². The van der Waals surface area contributed by atoms with Crippen LogP contribution in [0.25, 0.3) is 0 Å². The Morgan fingerprint density at radius 3 is 2.56 bits per heavy atom. The van der Waals surface area contributed by atoms with Crippen LogP contribution in [0.3, 0.4) is 0 Å². The third-order valence-electron chi connectivity index (χ3n) is 0.984. The summed E-state index contributed by atoms with van der Waals surface area (Å²) in [6, 6.07) is 0. The van der Waals surface area contributed by atoms with E-state index in [0.717, 1.165) is 12.2 Å². The lowest BCUT2D eigenvalue weighted by Crippen LogP contribution is -2.16. The van der Waals surface area contributed by atoms with Gasteiger partial charge in [-0.05, 0) is 12.0 Å². The molecule has 0 fully saturated rings. The number of hydrogen-bond acceptors (Lipinski definition) is 1. The van der Waals surface area contributed by atoms with Crippen molar-refractivity contribution in [3.05, 3.63) is 24.9 Å². The largest absolute Gasteiger partial charge is 0.385 e. The van der Waals surface area contributed by atoms with Crippen LogP contribution in [0.5, 0.6) is 0 Å². The van der Waals surface area contributed by atoms with Crippen LogP contribution < -0.4 is 5.32 Å². The Bertz CT molecular complexity index is 103. The molecule has 1 nitrogen and oxygen atoms in total. The van der Waals surface area contributed by atoms with Crippen molar-refractivity contribution in [2.75, 3.05) is 6.54 Å². The van der Waals surface area contributed by atoms with Crippen molar-refractivity contribution in [1.82, 2.24) is 5.32 Å². The van der Waals surface area contributed by atoms with Crippen LogP contribution in [0.4, 0.5) is 0 Å². The van der Waals surface area contributed by atoms with Crippen LogP contribution in [-0.4, -0.2) is 6.54 Å². The average molecular weight is 125 g/mol. The number of hydrogen-bond donors (Lipinski definition) is 1. The van der Waals surface area contributed by atoms with Gasteiger partial charge in [0, 0.05) is 12.2 Å². The molecule has 0 atom stereocenters. The highest BCUT2D eigenvalue weighted by molar-refractivity contribution is 5.07. The molecule has 0 rings (SSSR count). The Balaban J connectivity index is 3.27. The van der Waals surface area contributed by atoms with E-state index in [4.69, 9.17) is 0 Å². The van der Waals surface area contributed by atoms with Gasteiger partial charge in [0.25, 0.3) is 0 Å². The normalized spacial score (nSPS) is 9.22. The van der Waals surface area contributed by atoms with Crippen molar-refractivity contribution in [3.8, 4) is 0 Å². The molecule has 0 aliphatic rings. The van der Waals surface area contributed by atoms with Gasteiger partial charge in [-0.2, -0.15) is 0 Å². The third-order valence-corrected chi connectivity index (χ3v) is 0.984. The molecule has 1 heteroatoms. The summed E-state index contributed by atoms with van der Waals surface area (Å²) in [6.07, 6.45) is 1.72. The molecule has 0 aliphatic heterocycles. The van der Waals surface area contributed by atoms with E-state index in [0.29, 0.717) is 5.92 Å². The fourth-order valence-electron chi connectivity index (χ4n) is 0.407. The van der Waals surface area contributed by atoms with Crippen molar-refractivity contribution >= 4 is 0 Å². The molecular weight excluding hydrogens is 110 g/mol. The summed E-state index contributed by atoms with van der Waals surface area (Å²) < 4.78 is 0. The maximum absolute atomic E-state index is 3.72. The lowest BCUT2D eigenvalue weighted by molar-refractivity contribution is 0.602. The summed E-state index contributed by atoms with van der Waals surface area (Å²) in [5.41, 5.74) is 0.906. The standard InChI is InChI=1S/C8H15N/c1-5-8(4)9-6-7(2)3/h5,7,9H,1,4,6H2,2-3H3. The number of allylic oxidation sites excluding steroid dienone is 1. The first kappa shape index (κ1) is 8.28. The zero-order valence-electron chi connectivity index (χ0n) is 6.28. The highest BCUT2D eigenvalue weighted by Gasteiger charge is 1.90. The molecule has 0 bridgehead atoms. The van der Waals surface area contributed by atoms with Crippen LogP contribution in [0, 0.1) is 5.92 Å². The quantitative estimate of drug-likeness (QED) is 0.566. The number of rotatable bonds is 4. The molecule has 0 spiro atoms. The second-order valence-electron chi connectivity index (χ2n) is 2.50. The summed E-state index contributed by atoms with van der Waals surface area (Å²) in [5, 5.41) is 3.12. The first-order chi connectivity index (χ1) is 4.16. The van der Waals surface area contributed by atoms with Gasteiger partial charge in [0.2, 0.25) is 0 Å². The average Bonchev–Trinajstić information content (AvgIpc) is 1.83. The predicted octanol–water partition coefficient (Wildman–Crippen LogP) is 1.93. The van der Waals surface area contributed by atoms with Crippen LogP contribution in [0.2, 0.25) is 0 Å². The van der Waals surface area contributed by atoms with E-state index in [1.807, 2.05) is 0 Å². The summed E-state index contributed by atoms with van der Waals surface area (Å²) in [4.78, 5) is 0. The van der Waals surface area contributed by atoms with E-state index in [1.165, 1.54) is 0 Å². The summed E-state index contributed by atoms with van der Waals surface area (Å²) in [7, 11) is 0. The maximum atomic E-state index is 3.72. The molecule has 1 N–H and O–H groups in total. The van der Waals surface area contributed by atoms with Crippen LogP contribution >= 0.6 is 0 Å². The van der Waals surface area contributed by atoms with Gasteiger partial charge in [-0.1, -0.05) is 27.0 Å². The Hall–Kier alpha value is -0.720. The Labute approximate surface area is 57.5 Å². The first-order valence-electron chi connectivity index (χ1n) is 3.22. The van der Waals surface area contributed by atoms with Gasteiger partial charge in [0.15, 0.2) is 0 Å². The van der Waals surface area contributed by atoms with E-state index in [-0.39, 0.29) is 0 Å². The zero-order valence-corrected chi connectivity index (χ0v) is 6.28. The minimum Gasteiger partial charge on any atom is -0.385 e. The van der Waals surface area contributed by atoms with Crippen molar-refractivity contribution < 1.29 is 0 Å². The molecule has 0 aromatic rings. The van der Waals surface area contributed by atoms with E-state index in [2.05, 4.69) is 32.3 Å². The molecule has 0 heterocycles. The molecule has 0 aromatic heterocycles. The van der Waals surface area contributed by atoms with Crippen molar-refractivity contribution in [3.63, 3.8) is 0 Å². The zero-order chi connectivity index (χ0) is 7.28. The summed E-state index contributed by atoms with van der Waals surface area (Å²) in [6.45, 7) is 12.6. The fourth-order valence-corrected chi connectivity index (χ4v) is 0.407. The molecule has 0 radical (unpaired) electrons. The minimum absolute atomic E-state index is 0.668. The minimum atomic E-state index is 0.668. The first-order valence-corrected chi connectivity index (χ1v) is 3.22. The van der Waals surface area contributed by atoms with Gasteiger partial charge in [-0.3, -0.25) is 0 Å². The van der Waals surface area contributed by atoms with Gasteiger partial charge < -0.3 is 5.32 Å². The van der Waals surface area contributed by atoms with Crippen molar-refractivity contribution in [2.45, 2.75) is 13.8 Å². The molecular formula is C8H15N. The van der Waals surface area contributed by atoms with Gasteiger partial charge in [-0.25, -0.2) is 0 Å².